The standard InChI is InChI=1S/C21H23NO4/c1-4-22(12-14(2)21(24)25-3)19(23)11-16-13-26-18-10-9-15-7-5-6-8-17(15)20(16)18/h5-10,13-14H,4,11-12H2,1-3H3. The van der Waals surface area contributed by atoms with E-state index in [0.29, 0.717) is 13.1 Å². The summed E-state index contributed by atoms with van der Waals surface area (Å²) < 4.78 is 10.4. The Labute approximate surface area is 152 Å². The monoisotopic (exact) mass is 353 g/mol. The summed E-state index contributed by atoms with van der Waals surface area (Å²) in [5.74, 6) is -0.694. The first kappa shape index (κ1) is 18.0. The number of carbonyl (C=O) groups is 2. The van der Waals surface area contributed by atoms with Crippen molar-refractivity contribution < 1.29 is 18.7 Å². The zero-order valence-corrected chi connectivity index (χ0v) is 15.3. The summed E-state index contributed by atoms with van der Waals surface area (Å²) in [6.07, 6.45) is 1.90. The van der Waals surface area contributed by atoms with Gasteiger partial charge in [0.2, 0.25) is 5.91 Å². The van der Waals surface area contributed by atoms with Crippen LogP contribution in [0.25, 0.3) is 21.7 Å². The lowest BCUT2D eigenvalue weighted by Crippen LogP contribution is -2.38. The van der Waals surface area contributed by atoms with Gasteiger partial charge in [-0.3, -0.25) is 9.59 Å². The van der Waals surface area contributed by atoms with E-state index in [-0.39, 0.29) is 24.2 Å². The highest BCUT2D eigenvalue weighted by molar-refractivity contribution is 6.08. The molecule has 5 nitrogen and oxygen atoms in total. The molecule has 0 radical (unpaired) electrons. The van der Waals surface area contributed by atoms with Crippen molar-refractivity contribution in [3.8, 4) is 0 Å². The minimum absolute atomic E-state index is 0.0288. The molecular weight excluding hydrogens is 330 g/mol. The second-order valence-corrected chi connectivity index (χ2v) is 6.45. The number of methoxy groups -OCH3 is 1. The Morgan fingerprint density at radius 3 is 2.69 bits per heavy atom. The van der Waals surface area contributed by atoms with Gasteiger partial charge in [-0.15, -0.1) is 0 Å². The molecular formula is C21H23NO4. The maximum atomic E-state index is 12.8. The molecule has 0 aliphatic heterocycles. The van der Waals surface area contributed by atoms with Crippen LogP contribution >= 0.6 is 0 Å². The minimum Gasteiger partial charge on any atom is -0.469 e. The average Bonchev–Trinajstić information content (AvgIpc) is 3.08. The van der Waals surface area contributed by atoms with E-state index in [4.69, 9.17) is 9.15 Å². The lowest BCUT2D eigenvalue weighted by atomic mass is 10.0. The van der Waals surface area contributed by atoms with Crippen LogP contribution in [0, 0.1) is 5.92 Å². The molecule has 0 fully saturated rings. The molecule has 1 unspecified atom stereocenters. The summed E-state index contributed by atoms with van der Waals surface area (Å²) in [6, 6.07) is 12.0. The number of hydrogen-bond donors (Lipinski definition) is 0. The topological polar surface area (TPSA) is 59.8 Å². The van der Waals surface area contributed by atoms with E-state index in [0.717, 1.165) is 27.3 Å². The van der Waals surface area contributed by atoms with E-state index in [1.54, 1.807) is 18.1 Å². The fraction of sp³-hybridized carbons (Fsp3) is 0.333. The summed E-state index contributed by atoms with van der Waals surface area (Å²) >= 11 is 0. The summed E-state index contributed by atoms with van der Waals surface area (Å²) in [5.41, 5.74) is 1.64. The highest BCUT2D eigenvalue weighted by atomic mass is 16.5. The van der Waals surface area contributed by atoms with E-state index in [9.17, 15) is 9.59 Å². The van der Waals surface area contributed by atoms with E-state index in [1.807, 2.05) is 43.3 Å². The van der Waals surface area contributed by atoms with Gasteiger partial charge >= 0.3 is 5.97 Å². The second-order valence-electron chi connectivity index (χ2n) is 6.45. The molecule has 1 heterocycles. The zero-order valence-electron chi connectivity index (χ0n) is 15.3. The number of likely N-dealkylation sites (N-methyl/N-ethyl adjacent to an activating group) is 1. The van der Waals surface area contributed by atoms with Gasteiger partial charge in [-0.25, -0.2) is 0 Å². The van der Waals surface area contributed by atoms with Crippen LogP contribution in [-0.4, -0.2) is 37.0 Å². The van der Waals surface area contributed by atoms with E-state index < -0.39 is 0 Å². The Morgan fingerprint density at radius 1 is 1.19 bits per heavy atom. The highest BCUT2D eigenvalue weighted by Crippen LogP contribution is 2.30. The number of rotatable bonds is 6. The van der Waals surface area contributed by atoms with Gasteiger partial charge in [0.15, 0.2) is 0 Å². The van der Waals surface area contributed by atoms with Crippen molar-refractivity contribution in [2.75, 3.05) is 20.2 Å². The molecule has 3 rings (SSSR count). The van der Waals surface area contributed by atoms with Crippen LogP contribution in [-0.2, 0) is 20.7 Å². The van der Waals surface area contributed by atoms with Crippen molar-refractivity contribution in [1.29, 1.82) is 0 Å². The summed E-state index contributed by atoms with van der Waals surface area (Å²) in [6.45, 7) is 4.56. The molecule has 1 aromatic heterocycles. The molecule has 136 valence electrons. The van der Waals surface area contributed by atoms with Crippen molar-refractivity contribution in [3.63, 3.8) is 0 Å². The fourth-order valence-corrected chi connectivity index (χ4v) is 3.29. The summed E-state index contributed by atoms with van der Waals surface area (Å²) in [4.78, 5) is 26.1. The minimum atomic E-state index is -0.356. The largest absolute Gasteiger partial charge is 0.469 e. The smallest absolute Gasteiger partial charge is 0.310 e. The molecule has 3 aromatic rings. The first-order chi connectivity index (χ1) is 12.5. The number of esters is 1. The van der Waals surface area contributed by atoms with Crippen molar-refractivity contribution in [2.24, 2.45) is 5.92 Å². The number of fused-ring (bicyclic) bond motifs is 3. The Morgan fingerprint density at radius 2 is 1.96 bits per heavy atom. The number of benzene rings is 2. The van der Waals surface area contributed by atoms with E-state index in [2.05, 4.69) is 0 Å². The van der Waals surface area contributed by atoms with Crippen molar-refractivity contribution in [2.45, 2.75) is 20.3 Å². The third kappa shape index (κ3) is 3.43. The van der Waals surface area contributed by atoms with Crippen LogP contribution in [0.4, 0.5) is 0 Å². The molecule has 0 aliphatic carbocycles. The molecule has 0 saturated carbocycles. The van der Waals surface area contributed by atoms with Crippen LogP contribution < -0.4 is 0 Å². The molecule has 5 heteroatoms. The Hall–Kier alpha value is -2.82. The number of amides is 1. The van der Waals surface area contributed by atoms with Gasteiger partial charge < -0.3 is 14.1 Å². The van der Waals surface area contributed by atoms with Crippen LogP contribution in [0.2, 0.25) is 0 Å². The normalized spacial score (nSPS) is 12.3. The number of ether oxygens (including phenoxy) is 1. The van der Waals surface area contributed by atoms with Crippen LogP contribution in [0.5, 0.6) is 0 Å². The maximum absolute atomic E-state index is 12.8. The Bertz CT molecular complexity index is 943. The van der Waals surface area contributed by atoms with E-state index in [1.165, 1.54) is 7.11 Å². The van der Waals surface area contributed by atoms with Crippen LogP contribution in [0.15, 0.2) is 47.1 Å². The average molecular weight is 353 g/mol. The van der Waals surface area contributed by atoms with Gasteiger partial charge in [-0.05, 0) is 23.8 Å². The van der Waals surface area contributed by atoms with Gasteiger partial charge in [0.25, 0.3) is 0 Å². The van der Waals surface area contributed by atoms with Crippen molar-refractivity contribution >= 4 is 33.6 Å². The predicted octanol–water partition coefficient (Wildman–Crippen LogP) is 3.79. The Kier molecular flexibility index (Phi) is 5.26. The first-order valence-corrected chi connectivity index (χ1v) is 8.78. The zero-order chi connectivity index (χ0) is 18.7. The SMILES string of the molecule is CCN(CC(C)C(=O)OC)C(=O)Cc1coc2ccc3ccccc3c12. The predicted molar refractivity (Wildman–Crippen MR) is 101 cm³/mol. The highest BCUT2D eigenvalue weighted by Gasteiger charge is 2.22. The fourth-order valence-electron chi connectivity index (χ4n) is 3.29. The molecule has 1 amide bonds. The van der Waals surface area contributed by atoms with Crippen LogP contribution in [0.3, 0.4) is 0 Å². The van der Waals surface area contributed by atoms with E-state index >= 15 is 0 Å². The third-order valence-electron chi connectivity index (χ3n) is 4.71. The van der Waals surface area contributed by atoms with Crippen molar-refractivity contribution in [3.05, 3.63) is 48.2 Å². The molecule has 2 aromatic carbocycles. The van der Waals surface area contributed by atoms with Gasteiger partial charge in [-0.2, -0.15) is 0 Å². The lowest BCUT2D eigenvalue weighted by Gasteiger charge is -2.23. The number of hydrogen-bond acceptors (Lipinski definition) is 4. The van der Waals surface area contributed by atoms with Gasteiger partial charge in [0.05, 0.1) is 25.7 Å². The molecule has 0 N–H and O–H groups in total. The number of nitrogens with zero attached hydrogens (tertiary/aromatic N) is 1. The van der Waals surface area contributed by atoms with Gasteiger partial charge in [-0.1, -0.05) is 37.3 Å². The molecule has 0 spiro atoms. The summed E-state index contributed by atoms with van der Waals surface area (Å²) in [7, 11) is 1.36. The lowest BCUT2D eigenvalue weighted by molar-refractivity contribution is -0.146. The number of carbonyl (C=O) groups excluding carboxylic acids is 2. The maximum Gasteiger partial charge on any atom is 0.310 e. The van der Waals surface area contributed by atoms with Crippen LogP contribution in [0.1, 0.15) is 19.4 Å². The third-order valence-corrected chi connectivity index (χ3v) is 4.71. The molecule has 0 aliphatic rings. The molecule has 26 heavy (non-hydrogen) atoms. The first-order valence-electron chi connectivity index (χ1n) is 8.78. The van der Waals surface area contributed by atoms with Gasteiger partial charge in [0.1, 0.15) is 5.58 Å². The molecule has 0 bridgehead atoms. The summed E-state index contributed by atoms with van der Waals surface area (Å²) in [5, 5.41) is 3.17. The quantitative estimate of drug-likeness (QED) is 0.633. The Balaban J connectivity index is 1.87. The van der Waals surface area contributed by atoms with Gasteiger partial charge in [0, 0.05) is 24.0 Å². The van der Waals surface area contributed by atoms with Crippen molar-refractivity contribution in [1.82, 2.24) is 4.90 Å². The molecule has 0 saturated heterocycles. The number of furan rings is 1. The second kappa shape index (κ2) is 7.60. The molecule has 1 atom stereocenters.